The molecule has 1 unspecified atom stereocenters. The molecule has 0 spiro atoms. The van der Waals surface area contributed by atoms with Crippen molar-refractivity contribution in [2.75, 3.05) is 26.2 Å². The fourth-order valence-electron chi connectivity index (χ4n) is 4.04. The first-order chi connectivity index (χ1) is 14.8. The zero-order chi connectivity index (χ0) is 20.6. The van der Waals surface area contributed by atoms with E-state index < -0.39 is 0 Å². The number of likely N-dealkylation sites (tertiary alicyclic amines) is 1. The standard InChI is InChI=1S/C26H28N2O2/c29-26(20-30-25-16-8-7-15-23(25)21-11-3-1-4-12-21)27-19-24(28-17-9-10-18-28)22-13-5-2-6-14-22/h1-8,11-16,24H,9-10,17-20H2,(H,27,29). The van der Waals surface area contributed by atoms with Gasteiger partial charge in [0.05, 0.1) is 6.04 Å². The van der Waals surface area contributed by atoms with Crippen LogP contribution in [0, 0.1) is 0 Å². The monoisotopic (exact) mass is 400 g/mol. The Morgan fingerprint density at radius 2 is 1.50 bits per heavy atom. The van der Waals surface area contributed by atoms with Gasteiger partial charge >= 0.3 is 0 Å². The number of nitrogens with one attached hydrogen (secondary N) is 1. The molecule has 3 aromatic rings. The number of amides is 1. The number of para-hydroxylation sites is 1. The first-order valence-corrected chi connectivity index (χ1v) is 10.6. The lowest BCUT2D eigenvalue weighted by molar-refractivity contribution is -0.123. The molecule has 0 saturated carbocycles. The van der Waals surface area contributed by atoms with E-state index in [2.05, 4.69) is 34.5 Å². The third-order valence-electron chi connectivity index (χ3n) is 5.59. The van der Waals surface area contributed by atoms with E-state index in [0.717, 1.165) is 30.0 Å². The summed E-state index contributed by atoms with van der Waals surface area (Å²) in [5.74, 6) is 0.621. The molecule has 1 saturated heterocycles. The molecular formula is C26H28N2O2. The molecule has 0 bridgehead atoms. The van der Waals surface area contributed by atoms with Gasteiger partial charge in [0.1, 0.15) is 5.75 Å². The Morgan fingerprint density at radius 1 is 0.867 bits per heavy atom. The maximum atomic E-state index is 12.6. The highest BCUT2D eigenvalue weighted by Crippen LogP contribution is 2.29. The van der Waals surface area contributed by atoms with Gasteiger partial charge in [-0.1, -0.05) is 78.9 Å². The van der Waals surface area contributed by atoms with Crippen LogP contribution in [0.2, 0.25) is 0 Å². The second-order valence-corrected chi connectivity index (χ2v) is 7.62. The first-order valence-electron chi connectivity index (χ1n) is 10.6. The lowest BCUT2D eigenvalue weighted by atomic mass is 10.1. The first kappa shape index (κ1) is 20.2. The SMILES string of the molecule is O=C(COc1ccccc1-c1ccccc1)NCC(c1ccccc1)N1CCCC1. The third kappa shape index (κ3) is 5.08. The molecule has 0 radical (unpaired) electrons. The second-order valence-electron chi connectivity index (χ2n) is 7.62. The van der Waals surface area contributed by atoms with Gasteiger partial charge in [0.25, 0.3) is 5.91 Å². The lowest BCUT2D eigenvalue weighted by Gasteiger charge is -2.28. The lowest BCUT2D eigenvalue weighted by Crippen LogP contribution is -2.38. The maximum absolute atomic E-state index is 12.6. The Labute approximate surface area is 178 Å². The van der Waals surface area contributed by atoms with Crippen molar-refractivity contribution < 1.29 is 9.53 Å². The van der Waals surface area contributed by atoms with E-state index in [1.807, 2.05) is 60.7 Å². The Bertz CT molecular complexity index is 938. The molecule has 1 fully saturated rings. The smallest absolute Gasteiger partial charge is 0.258 e. The van der Waals surface area contributed by atoms with E-state index in [0.29, 0.717) is 6.54 Å². The molecule has 4 nitrogen and oxygen atoms in total. The van der Waals surface area contributed by atoms with Gasteiger partial charge in [0.2, 0.25) is 0 Å². The van der Waals surface area contributed by atoms with Crippen LogP contribution in [0.1, 0.15) is 24.4 Å². The van der Waals surface area contributed by atoms with Crippen LogP contribution in [0.4, 0.5) is 0 Å². The molecule has 1 aliphatic rings. The van der Waals surface area contributed by atoms with Crippen molar-refractivity contribution >= 4 is 5.91 Å². The van der Waals surface area contributed by atoms with Gasteiger partial charge in [0.15, 0.2) is 6.61 Å². The molecule has 3 aromatic carbocycles. The summed E-state index contributed by atoms with van der Waals surface area (Å²) in [6.07, 6.45) is 2.44. The second kappa shape index (κ2) is 10.1. The zero-order valence-electron chi connectivity index (χ0n) is 17.2. The summed E-state index contributed by atoms with van der Waals surface area (Å²) in [7, 11) is 0. The number of rotatable bonds is 8. The van der Waals surface area contributed by atoms with Crippen molar-refractivity contribution in [1.29, 1.82) is 0 Å². The molecule has 0 aliphatic carbocycles. The Kier molecular flexibility index (Phi) is 6.78. The van der Waals surface area contributed by atoms with Crippen molar-refractivity contribution in [3.8, 4) is 16.9 Å². The summed E-state index contributed by atoms with van der Waals surface area (Å²) in [5, 5.41) is 3.08. The number of benzene rings is 3. The number of ether oxygens (including phenoxy) is 1. The predicted molar refractivity (Wildman–Crippen MR) is 120 cm³/mol. The number of carbonyl (C=O) groups excluding carboxylic acids is 1. The fraction of sp³-hybridized carbons (Fsp3) is 0.269. The molecule has 1 amide bonds. The summed E-state index contributed by atoms with van der Waals surface area (Å²) < 4.78 is 5.89. The molecule has 1 N–H and O–H groups in total. The minimum Gasteiger partial charge on any atom is -0.483 e. The van der Waals surface area contributed by atoms with Crippen LogP contribution in [0.3, 0.4) is 0 Å². The topological polar surface area (TPSA) is 41.6 Å². The third-order valence-corrected chi connectivity index (χ3v) is 5.59. The minimum atomic E-state index is -0.0991. The Morgan fingerprint density at radius 3 is 2.23 bits per heavy atom. The molecule has 0 aromatic heterocycles. The van der Waals surface area contributed by atoms with E-state index >= 15 is 0 Å². The highest BCUT2D eigenvalue weighted by atomic mass is 16.5. The van der Waals surface area contributed by atoms with Crippen LogP contribution in [-0.2, 0) is 4.79 Å². The molecular weight excluding hydrogens is 372 g/mol. The van der Waals surface area contributed by atoms with Crippen molar-refractivity contribution in [1.82, 2.24) is 10.2 Å². The molecule has 1 aliphatic heterocycles. The van der Waals surface area contributed by atoms with Crippen LogP contribution in [0.15, 0.2) is 84.9 Å². The Hall–Kier alpha value is -3.11. The average molecular weight is 401 g/mol. The van der Waals surface area contributed by atoms with Crippen LogP contribution in [0.5, 0.6) is 5.75 Å². The number of hydrogen-bond acceptors (Lipinski definition) is 3. The van der Waals surface area contributed by atoms with Crippen LogP contribution in [0.25, 0.3) is 11.1 Å². The highest BCUT2D eigenvalue weighted by molar-refractivity contribution is 5.78. The van der Waals surface area contributed by atoms with Crippen molar-refractivity contribution in [2.24, 2.45) is 0 Å². The van der Waals surface area contributed by atoms with Crippen molar-refractivity contribution in [3.05, 3.63) is 90.5 Å². The minimum absolute atomic E-state index is 0.00531. The van der Waals surface area contributed by atoms with Crippen molar-refractivity contribution in [2.45, 2.75) is 18.9 Å². The van der Waals surface area contributed by atoms with Crippen molar-refractivity contribution in [3.63, 3.8) is 0 Å². The van der Waals surface area contributed by atoms with E-state index in [4.69, 9.17) is 4.74 Å². The quantitative estimate of drug-likeness (QED) is 0.597. The summed E-state index contributed by atoms with van der Waals surface area (Å²) >= 11 is 0. The molecule has 1 atom stereocenters. The number of nitrogens with zero attached hydrogens (tertiary/aromatic N) is 1. The molecule has 154 valence electrons. The van der Waals surface area contributed by atoms with Gasteiger partial charge in [0, 0.05) is 12.1 Å². The van der Waals surface area contributed by atoms with Crippen LogP contribution < -0.4 is 10.1 Å². The molecule has 30 heavy (non-hydrogen) atoms. The summed E-state index contributed by atoms with van der Waals surface area (Å²) in [4.78, 5) is 15.0. The fourth-order valence-corrected chi connectivity index (χ4v) is 4.04. The number of carbonyl (C=O) groups is 1. The summed E-state index contributed by atoms with van der Waals surface area (Å²) in [6.45, 7) is 2.75. The van der Waals surface area contributed by atoms with E-state index in [9.17, 15) is 4.79 Å². The molecule has 1 heterocycles. The van der Waals surface area contributed by atoms with Gasteiger partial charge in [-0.15, -0.1) is 0 Å². The predicted octanol–water partition coefficient (Wildman–Crippen LogP) is 4.69. The van der Waals surface area contributed by atoms with E-state index in [1.54, 1.807) is 0 Å². The van der Waals surface area contributed by atoms with Gasteiger partial charge in [-0.25, -0.2) is 0 Å². The maximum Gasteiger partial charge on any atom is 0.258 e. The average Bonchev–Trinajstić information content (AvgIpc) is 3.34. The molecule has 4 rings (SSSR count). The summed E-state index contributed by atoms with van der Waals surface area (Å²) in [5.41, 5.74) is 3.31. The van der Waals surface area contributed by atoms with E-state index in [-0.39, 0.29) is 18.6 Å². The number of hydrogen-bond donors (Lipinski definition) is 1. The van der Waals surface area contributed by atoms with Gasteiger partial charge in [-0.3, -0.25) is 9.69 Å². The van der Waals surface area contributed by atoms with Gasteiger partial charge in [-0.2, -0.15) is 0 Å². The zero-order valence-corrected chi connectivity index (χ0v) is 17.2. The largest absolute Gasteiger partial charge is 0.483 e. The van der Waals surface area contributed by atoms with Gasteiger partial charge < -0.3 is 10.1 Å². The normalized spacial score (nSPS) is 14.9. The van der Waals surface area contributed by atoms with Crippen LogP contribution in [-0.4, -0.2) is 37.0 Å². The van der Waals surface area contributed by atoms with Gasteiger partial charge in [-0.05, 0) is 43.1 Å². The van der Waals surface area contributed by atoms with Crippen LogP contribution >= 0.6 is 0 Å². The van der Waals surface area contributed by atoms with E-state index in [1.165, 1.54) is 18.4 Å². The Balaban J connectivity index is 1.37. The molecule has 4 heteroatoms. The highest BCUT2D eigenvalue weighted by Gasteiger charge is 2.23. The summed E-state index contributed by atoms with van der Waals surface area (Å²) in [6, 6.07) is 28.5.